The van der Waals surface area contributed by atoms with E-state index in [-0.39, 0.29) is 11.7 Å². The van der Waals surface area contributed by atoms with Crippen LogP contribution >= 0.6 is 15.9 Å². The molecule has 144 valence electrons. The first kappa shape index (κ1) is 19.0. The van der Waals surface area contributed by atoms with E-state index < -0.39 is 0 Å². The Kier molecular flexibility index (Phi) is 5.44. The normalized spacial score (nSPS) is 11.2. The van der Waals surface area contributed by atoms with Gasteiger partial charge in [-0.3, -0.25) is 4.79 Å². The van der Waals surface area contributed by atoms with E-state index in [4.69, 9.17) is 0 Å². The smallest absolute Gasteiger partial charge is 0.273 e. The highest BCUT2D eigenvalue weighted by molar-refractivity contribution is 9.10. The van der Waals surface area contributed by atoms with Crippen LogP contribution in [0, 0.1) is 0 Å². The van der Waals surface area contributed by atoms with Gasteiger partial charge in [0.1, 0.15) is 5.75 Å². The second-order valence-electron chi connectivity index (χ2n) is 6.57. The van der Waals surface area contributed by atoms with Gasteiger partial charge in [0.25, 0.3) is 5.91 Å². The molecule has 0 aliphatic rings. The summed E-state index contributed by atoms with van der Waals surface area (Å²) in [6, 6.07) is 22.7. The fourth-order valence-electron chi connectivity index (χ4n) is 3.16. The minimum absolute atomic E-state index is 0.108. The minimum atomic E-state index is -0.303. The summed E-state index contributed by atoms with van der Waals surface area (Å²) in [4.78, 5) is 12.7. The molecule has 0 aliphatic heterocycles. The van der Waals surface area contributed by atoms with Crippen LogP contribution in [0.25, 0.3) is 10.9 Å². The molecule has 2 N–H and O–H groups in total. The maximum atomic E-state index is 12.7. The average molecular weight is 448 g/mol. The van der Waals surface area contributed by atoms with Gasteiger partial charge >= 0.3 is 0 Å². The molecule has 4 rings (SSSR count). The van der Waals surface area contributed by atoms with Crippen molar-refractivity contribution in [3.63, 3.8) is 0 Å². The van der Waals surface area contributed by atoms with Crippen LogP contribution < -0.4 is 5.43 Å². The van der Waals surface area contributed by atoms with E-state index in [1.165, 1.54) is 6.21 Å². The first-order chi connectivity index (χ1) is 14.1. The van der Waals surface area contributed by atoms with Crippen molar-refractivity contribution in [3.8, 4) is 5.75 Å². The van der Waals surface area contributed by atoms with E-state index in [0.717, 1.165) is 20.9 Å². The van der Waals surface area contributed by atoms with Crippen molar-refractivity contribution >= 4 is 39.0 Å². The molecular weight excluding hydrogens is 430 g/mol. The molecule has 5 nitrogen and oxygen atoms in total. The number of halogens is 1. The number of nitrogens with zero attached hydrogens (tertiary/aromatic N) is 2. The Hall–Kier alpha value is -3.38. The lowest BCUT2D eigenvalue weighted by molar-refractivity contribution is 0.0956. The Morgan fingerprint density at radius 2 is 1.76 bits per heavy atom. The van der Waals surface area contributed by atoms with Gasteiger partial charge in [-0.15, -0.1) is 0 Å². The molecule has 0 radical (unpaired) electrons. The lowest BCUT2D eigenvalue weighted by Crippen LogP contribution is -2.17. The quantitative estimate of drug-likeness (QED) is 0.336. The van der Waals surface area contributed by atoms with E-state index in [2.05, 4.69) is 43.2 Å². The van der Waals surface area contributed by atoms with Crippen LogP contribution in [0.1, 0.15) is 21.5 Å². The number of phenolic OH excluding ortho intramolecular Hbond substituents is 1. The zero-order valence-electron chi connectivity index (χ0n) is 15.4. The number of amides is 1. The monoisotopic (exact) mass is 447 g/mol. The molecule has 3 aromatic carbocycles. The predicted octanol–water partition coefficient (Wildman–Crippen LogP) is 4.92. The number of nitrogens with one attached hydrogen (secondary N) is 1. The van der Waals surface area contributed by atoms with Gasteiger partial charge in [0, 0.05) is 33.7 Å². The van der Waals surface area contributed by atoms with Crippen LogP contribution in [0.2, 0.25) is 0 Å². The molecule has 0 saturated heterocycles. The van der Waals surface area contributed by atoms with Gasteiger partial charge in [0.05, 0.1) is 11.8 Å². The Balaban J connectivity index is 1.59. The molecular formula is C23H18BrN3O2. The predicted molar refractivity (Wildman–Crippen MR) is 118 cm³/mol. The topological polar surface area (TPSA) is 66.6 Å². The molecule has 1 heterocycles. The molecule has 29 heavy (non-hydrogen) atoms. The van der Waals surface area contributed by atoms with E-state index >= 15 is 0 Å². The van der Waals surface area contributed by atoms with Gasteiger partial charge < -0.3 is 9.67 Å². The number of fused-ring (bicyclic) bond motifs is 1. The number of aromatic nitrogens is 1. The third-order valence-corrected chi connectivity index (χ3v) is 5.13. The number of carbonyl (C=O) groups is 1. The van der Waals surface area contributed by atoms with E-state index in [1.807, 2.05) is 42.6 Å². The number of para-hydroxylation sites is 2. The lowest BCUT2D eigenvalue weighted by atomic mass is 10.1. The standard InChI is InChI=1S/C23H18BrN3O2/c24-18-11-9-16(10-12-18)14-27-15-20(19-6-2-3-7-21(19)27)23(29)26-25-13-17-5-1-4-8-22(17)28/h1-13,15,28H,14H2,(H,26,29). The number of benzene rings is 3. The molecule has 0 unspecified atom stereocenters. The van der Waals surface area contributed by atoms with Crippen molar-refractivity contribution in [1.82, 2.24) is 9.99 Å². The fourth-order valence-corrected chi connectivity index (χ4v) is 3.43. The molecule has 6 heteroatoms. The van der Waals surface area contributed by atoms with Crippen LogP contribution in [-0.2, 0) is 6.54 Å². The van der Waals surface area contributed by atoms with E-state index in [0.29, 0.717) is 17.7 Å². The number of rotatable bonds is 5. The maximum Gasteiger partial charge on any atom is 0.273 e. The summed E-state index contributed by atoms with van der Waals surface area (Å²) < 4.78 is 3.08. The number of hydrogen-bond donors (Lipinski definition) is 2. The van der Waals surface area contributed by atoms with Crippen molar-refractivity contribution in [2.75, 3.05) is 0 Å². The van der Waals surface area contributed by atoms with Crippen molar-refractivity contribution in [3.05, 3.63) is 100 Å². The van der Waals surface area contributed by atoms with Gasteiger partial charge in [-0.2, -0.15) is 5.10 Å². The summed E-state index contributed by atoms with van der Waals surface area (Å²) in [6.07, 6.45) is 3.27. The third-order valence-electron chi connectivity index (χ3n) is 4.61. The molecule has 0 bridgehead atoms. The number of hydrogen-bond acceptors (Lipinski definition) is 3. The maximum absolute atomic E-state index is 12.7. The Bertz CT molecular complexity index is 1200. The zero-order valence-corrected chi connectivity index (χ0v) is 17.0. The zero-order chi connectivity index (χ0) is 20.2. The van der Waals surface area contributed by atoms with Crippen molar-refractivity contribution < 1.29 is 9.90 Å². The summed E-state index contributed by atoms with van der Waals surface area (Å²) in [7, 11) is 0. The number of hydrazone groups is 1. The van der Waals surface area contributed by atoms with Crippen molar-refractivity contribution in [1.29, 1.82) is 0 Å². The van der Waals surface area contributed by atoms with Crippen LogP contribution in [0.15, 0.2) is 88.6 Å². The average Bonchev–Trinajstić information content (AvgIpc) is 3.10. The highest BCUT2D eigenvalue weighted by Gasteiger charge is 2.14. The van der Waals surface area contributed by atoms with Gasteiger partial charge in [0.15, 0.2) is 0 Å². The summed E-state index contributed by atoms with van der Waals surface area (Å²) >= 11 is 3.45. The second kappa shape index (κ2) is 8.32. The largest absolute Gasteiger partial charge is 0.507 e. The SMILES string of the molecule is O=C(NN=Cc1ccccc1O)c1cn(Cc2ccc(Br)cc2)c2ccccc12. The highest BCUT2D eigenvalue weighted by Crippen LogP contribution is 2.23. The van der Waals surface area contributed by atoms with E-state index in [9.17, 15) is 9.90 Å². The molecule has 1 amide bonds. The summed E-state index contributed by atoms with van der Waals surface area (Å²) in [6.45, 7) is 0.655. The number of aromatic hydroxyl groups is 1. The third kappa shape index (κ3) is 4.22. The Morgan fingerprint density at radius 1 is 1.03 bits per heavy atom. The number of phenols is 1. The molecule has 0 spiro atoms. The van der Waals surface area contributed by atoms with Crippen molar-refractivity contribution in [2.45, 2.75) is 6.54 Å². The molecule has 0 atom stereocenters. The first-order valence-corrected chi connectivity index (χ1v) is 9.85. The van der Waals surface area contributed by atoms with Gasteiger partial charge in [-0.05, 0) is 35.9 Å². The number of carbonyl (C=O) groups excluding carboxylic acids is 1. The lowest BCUT2D eigenvalue weighted by Gasteiger charge is -2.05. The van der Waals surface area contributed by atoms with Gasteiger partial charge in [-0.25, -0.2) is 5.43 Å². The highest BCUT2D eigenvalue weighted by atomic mass is 79.9. The summed E-state index contributed by atoms with van der Waals surface area (Å²) in [5.74, 6) is -0.195. The van der Waals surface area contributed by atoms with Gasteiger partial charge in [-0.1, -0.05) is 58.4 Å². The molecule has 1 aromatic heterocycles. The van der Waals surface area contributed by atoms with Crippen LogP contribution in [-0.4, -0.2) is 21.8 Å². The summed E-state index contributed by atoms with van der Waals surface area (Å²) in [5.41, 5.74) is 5.75. The molecule has 0 saturated carbocycles. The van der Waals surface area contributed by atoms with Crippen LogP contribution in [0.5, 0.6) is 5.75 Å². The van der Waals surface area contributed by atoms with Crippen LogP contribution in [0.3, 0.4) is 0 Å². The fraction of sp³-hybridized carbons (Fsp3) is 0.0435. The molecule has 0 aliphatic carbocycles. The summed E-state index contributed by atoms with van der Waals surface area (Å²) in [5, 5.41) is 14.6. The Morgan fingerprint density at radius 3 is 2.55 bits per heavy atom. The van der Waals surface area contributed by atoms with Crippen LogP contribution in [0.4, 0.5) is 0 Å². The van der Waals surface area contributed by atoms with Crippen molar-refractivity contribution in [2.24, 2.45) is 5.10 Å². The first-order valence-electron chi connectivity index (χ1n) is 9.05. The minimum Gasteiger partial charge on any atom is -0.507 e. The van der Waals surface area contributed by atoms with Gasteiger partial charge in [0.2, 0.25) is 0 Å². The second-order valence-corrected chi connectivity index (χ2v) is 7.49. The Labute approximate surface area is 176 Å². The van der Waals surface area contributed by atoms with E-state index in [1.54, 1.807) is 24.3 Å². The molecule has 0 fully saturated rings. The molecule has 4 aromatic rings.